The molecule has 5 nitrogen and oxygen atoms in total. The Morgan fingerprint density at radius 1 is 1.12 bits per heavy atom. The number of carbonyl (C=O) groups is 2. The van der Waals surface area contributed by atoms with Gasteiger partial charge in [0.1, 0.15) is 5.75 Å². The molecule has 1 aliphatic rings. The van der Waals surface area contributed by atoms with Gasteiger partial charge < -0.3 is 14.5 Å². The first kappa shape index (κ1) is 18.6. The maximum absolute atomic E-state index is 12.6. The predicted molar refractivity (Wildman–Crippen MR) is 94.6 cm³/mol. The molecule has 1 fully saturated rings. The summed E-state index contributed by atoms with van der Waals surface area (Å²) in [7, 11) is 0. The van der Waals surface area contributed by atoms with Crippen LogP contribution in [0.3, 0.4) is 0 Å². The number of benzene rings is 1. The first-order chi connectivity index (χ1) is 11.2. The number of nitrogens with zero attached hydrogens (tertiary/aromatic N) is 2. The van der Waals surface area contributed by atoms with Crippen molar-refractivity contribution in [2.45, 2.75) is 27.7 Å². The molecular weight excluding hydrogens is 328 g/mol. The van der Waals surface area contributed by atoms with E-state index in [1.54, 1.807) is 23.1 Å². The number of carbonyl (C=O) groups excluding carboxylic acids is 2. The highest BCUT2D eigenvalue weighted by Gasteiger charge is 2.31. The van der Waals surface area contributed by atoms with E-state index in [0.29, 0.717) is 49.1 Å². The van der Waals surface area contributed by atoms with Crippen molar-refractivity contribution in [1.82, 2.24) is 9.80 Å². The molecule has 24 heavy (non-hydrogen) atoms. The standard InChI is InChI=1S/C18H25ClN2O3/c1-5-24-15-7-6-13(12-14(15)19)16(22)20-8-10-21(11-9-20)17(23)18(2,3)4/h6-7,12H,5,8-11H2,1-4H3. The summed E-state index contributed by atoms with van der Waals surface area (Å²) in [6, 6.07) is 5.09. The molecule has 2 amide bonds. The molecule has 1 saturated heterocycles. The Morgan fingerprint density at radius 3 is 2.21 bits per heavy atom. The minimum absolute atomic E-state index is 0.0668. The van der Waals surface area contributed by atoms with Crippen molar-refractivity contribution in [1.29, 1.82) is 0 Å². The van der Waals surface area contributed by atoms with Crippen LogP contribution in [-0.4, -0.2) is 54.4 Å². The molecular formula is C18H25ClN2O3. The first-order valence-electron chi connectivity index (χ1n) is 8.25. The fraction of sp³-hybridized carbons (Fsp3) is 0.556. The monoisotopic (exact) mass is 352 g/mol. The maximum atomic E-state index is 12.6. The molecule has 1 aliphatic heterocycles. The van der Waals surface area contributed by atoms with Gasteiger partial charge in [-0.1, -0.05) is 32.4 Å². The van der Waals surface area contributed by atoms with E-state index >= 15 is 0 Å². The number of piperazine rings is 1. The van der Waals surface area contributed by atoms with Crippen molar-refractivity contribution in [2.75, 3.05) is 32.8 Å². The zero-order chi connectivity index (χ0) is 17.9. The lowest BCUT2D eigenvalue weighted by molar-refractivity contribution is -0.140. The molecule has 2 rings (SSSR count). The minimum Gasteiger partial charge on any atom is -0.492 e. The molecule has 0 saturated carbocycles. The lowest BCUT2D eigenvalue weighted by Crippen LogP contribution is -2.53. The summed E-state index contributed by atoms with van der Waals surface area (Å²) in [6.45, 7) is 10.3. The van der Waals surface area contributed by atoms with Crippen LogP contribution in [0, 0.1) is 5.41 Å². The lowest BCUT2D eigenvalue weighted by Gasteiger charge is -2.37. The van der Waals surface area contributed by atoms with E-state index in [4.69, 9.17) is 16.3 Å². The van der Waals surface area contributed by atoms with E-state index in [1.807, 2.05) is 32.6 Å². The third kappa shape index (κ3) is 4.20. The molecule has 0 radical (unpaired) electrons. The van der Waals surface area contributed by atoms with Crippen LogP contribution in [-0.2, 0) is 4.79 Å². The van der Waals surface area contributed by atoms with E-state index in [0.717, 1.165) is 0 Å². The van der Waals surface area contributed by atoms with E-state index < -0.39 is 5.41 Å². The minimum atomic E-state index is -0.394. The average molecular weight is 353 g/mol. The Bertz CT molecular complexity index is 617. The van der Waals surface area contributed by atoms with Gasteiger partial charge in [-0.3, -0.25) is 9.59 Å². The van der Waals surface area contributed by atoms with Gasteiger partial charge in [-0.15, -0.1) is 0 Å². The number of halogens is 1. The number of hydrogen-bond acceptors (Lipinski definition) is 3. The van der Waals surface area contributed by atoms with Gasteiger partial charge in [0.25, 0.3) is 5.91 Å². The molecule has 0 spiro atoms. The summed E-state index contributed by atoms with van der Waals surface area (Å²) in [5.41, 5.74) is 0.147. The third-order valence-corrected chi connectivity index (χ3v) is 4.27. The third-order valence-electron chi connectivity index (χ3n) is 3.97. The van der Waals surface area contributed by atoms with E-state index in [-0.39, 0.29) is 11.8 Å². The number of ether oxygens (including phenoxy) is 1. The zero-order valence-corrected chi connectivity index (χ0v) is 15.5. The van der Waals surface area contributed by atoms with Crippen molar-refractivity contribution in [3.8, 4) is 5.75 Å². The first-order valence-corrected chi connectivity index (χ1v) is 8.63. The Morgan fingerprint density at radius 2 is 1.71 bits per heavy atom. The summed E-state index contributed by atoms with van der Waals surface area (Å²) in [4.78, 5) is 28.5. The normalized spacial score (nSPS) is 15.4. The van der Waals surface area contributed by atoms with Gasteiger partial charge in [0.05, 0.1) is 11.6 Å². The predicted octanol–water partition coefficient (Wildman–Crippen LogP) is 3.07. The van der Waals surface area contributed by atoms with E-state index in [1.165, 1.54) is 0 Å². The molecule has 1 aromatic rings. The van der Waals surface area contributed by atoms with Crippen LogP contribution in [0.1, 0.15) is 38.1 Å². The summed E-state index contributed by atoms with van der Waals surface area (Å²) >= 11 is 6.16. The van der Waals surface area contributed by atoms with Crippen molar-refractivity contribution in [2.24, 2.45) is 5.41 Å². The second kappa shape index (κ2) is 7.43. The quantitative estimate of drug-likeness (QED) is 0.840. The van der Waals surface area contributed by atoms with Crippen molar-refractivity contribution < 1.29 is 14.3 Å². The topological polar surface area (TPSA) is 49.9 Å². The van der Waals surface area contributed by atoms with Gasteiger partial charge in [-0.05, 0) is 25.1 Å². The highest BCUT2D eigenvalue weighted by atomic mass is 35.5. The van der Waals surface area contributed by atoms with Crippen molar-refractivity contribution in [3.63, 3.8) is 0 Å². The number of rotatable bonds is 3. The van der Waals surface area contributed by atoms with Crippen molar-refractivity contribution in [3.05, 3.63) is 28.8 Å². The van der Waals surface area contributed by atoms with Gasteiger partial charge in [0.15, 0.2) is 0 Å². The highest BCUT2D eigenvalue weighted by molar-refractivity contribution is 6.32. The fourth-order valence-electron chi connectivity index (χ4n) is 2.68. The fourth-order valence-corrected chi connectivity index (χ4v) is 2.91. The molecule has 0 unspecified atom stereocenters. The summed E-state index contributed by atoms with van der Waals surface area (Å²) in [6.07, 6.45) is 0. The molecule has 0 bridgehead atoms. The summed E-state index contributed by atoms with van der Waals surface area (Å²) in [5, 5.41) is 0.434. The second-order valence-corrected chi connectivity index (χ2v) is 7.32. The molecule has 0 N–H and O–H groups in total. The van der Waals surface area contributed by atoms with Gasteiger partial charge in [-0.25, -0.2) is 0 Å². The van der Waals surface area contributed by atoms with Crippen LogP contribution in [0.25, 0.3) is 0 Å². The molecule has 0 atom stereocenters. The molecule has 1 heterocycles. The van der Waals surface area contributed by atoms with Crippen LogP contribution in [0.5, 0.6) is 5.75 Å². The van der Waals surface area contributed by atoms with Crippen LogP contribution in [0.2, 0.25) is 5.02 Å². The summed E-state index contributed by atoms with van der Waals surface area (Å²) < 4.78 is 5.39. The van der Waals surface area contributed by atoms with E-state index in [2.05, 4.69) is 0 Å². The molecule has 132 valence electrons. The second-order valence-electron chi connectivity index (χ2n) is 6.91. The van der Waals surface area contributed by atoms with Crippen LogP contribution in [0.4, 0.5) is 0 Å². The lowest BCUT2D eigenvalue weighted by atomic mass is 9.94. The number of amides is 2. The molecule has 6 heteroatoms. The van der Waals surface area contributed by atoms with Gasteiger partial charge in [0, 0.05) is 37.2 Å². The Labute approximate surface area is 148 Å². The van der Waals surface area contributed by atoms with Gasteiger partial charge >= 0.3 is 0 Å². The van der Waals surface area contributed by atoms with Crippen LogP contribution < -0.4 is 4.74 Å². The summed E-state index contributed by atoms with van der Waals surface area (Å²) in [5.74, 6) is 0.637. The van der Waals surface area contributed by atoms with Crippen LogP contribution in [0.15, 0.2) is 18.2 Å². The molecule has 0 aromatic heterocycles. The average Bonchev–Trinajstić information content (AvgIpc) is 2.55. The smallest absolute Gasteiger partial charge is 0.254 e. The Balaban J connectivity index is 2.00. The van der Waals surface area contributed by atoms with Crippen molar-refractivity contribution >= 4 is 23.4 Å². The number of hydrogen-bond donors (Lipinski definition) is 0. The SMILES string of the molecule is CCOc1ccc(C(=O)N2CCN(C(=O)C(C)(C)C)CC2)cc1Cl. The molecule has 0 aliphatic carbocycles. The Kier molecular flexibility index (Phi) is 5.75. The van der Waals surface area contributed by atoms with Crippen LogP contribution >= 0.6 is 11.6 Å². The highest BCUT2D eigenvalue weighted by Crippen LogP contribution is 2.26. The van der Waals surface area contributed by atoms with Gasteiger partial charge in [0.2, 0.25) is 5.91 Å². The van der Waals surface area contributed by atoms with Gasteiger partial charge in [-0.2, -0.15) is 0 Å². The largest absolute Gasteiger partial charge is 0.492 e. The zero-order valence-electron chi connectivity index (χ0n) is 14.8. The maximum Gasteiger partial charge on any atom is 0.254 e. The van der Waals surface area contributed by atoms with E-state index in [9.17, 15) is 9.59 Å². The Hall–Kier alpha value is -1.75. The molecule has 1 aromatic carbocycles.